The summed E-state index contributed by atoms with van der Waals surface area (Å²) in [6.45, 7) is 7.19. The number of nitrogens with zero attached hydrogens (tertiary/aromatic N) is 5. The minimum Gasteiger partial charge on any atom is -0.435 e. The molecule has 246 valence electrons. The zero-order valence-corrected chi connectivity index (χ0v) is 27.8. The first-order valence-corrected chi connectivity index (χ1v) is 17.1. The summed E-state index contributed by atoms with van der Waals surface area (Å²) in [6, 6.07) is 23.4. The fourth-order valence-corrected chi connectivity index (χ4v) is 7.16. The highest BCUT2D eigenvalue weighted by Crippen LogP contribution is 2.41. The lowest BCUT2D eigenvalue weighted by Gasteiger charge is -2.26. The smallest absolute Gasteiger partial charge is 0.228 e. The predicted octanol–water partition coefficient (Wildman–Crippen LogP) is 7.55. The number of fused-ring (bicyclic) bond motifs is 2. The van der Waals surface area contributed by atoms with Crippen molar-refractivity contribution >= 4 is 33.5 Å². The van der Waals surface area contributed by atoms with Crippen molar-refractivity contribution in [3.05, 3.63) is 101 Å². The van der Waals surface area contributed by atoms with Crippen molar-refractivity contribution < 1.29 is 9.52 Å². The lowest BCUT2D eigenvalue weighted by molar-refractivity contribution is 0.175. The maximum Gasteiger partial charge on any atom is 0.228 e. The van der Waals surface area contributed by atoms with Gasteiger partial charge in [0.1, 0.15) is 17.1 Å². The van der Waals surface area contributed by atoms with Crippen molar-refractivity contribution in [1.29, 1.82) is 5.26 Å². The summed E-state index contributed by atoms with van der Waals surface area (Å²) in [5.41, 5.74) is 10.4. The Hall–Kier alpha value is -5.14. The van der Waals surface area contributed by atoms with Gasteiger partial charge in [-0.05, 0) is 96.8 Å². The molecule has 0 radical (unpaired) electrons. The maximum absolute atomic E-state index is 10.1. The van der Waals surface area contributed by atoms with Gasteiger partial charge in [0.2, 0.25) is 5.89 Å². The van der Waals surface area contributed by atoms with E-state index < -0.39 is 0 Å². The first kappa shape index (κ1) is 31.1. The van der Waals surface area contributed by atoms with E-state index in [9.17, 15) is 10.4 Å². The number of aliphatic hydroxyl groups is 1. The molecule has 1 aliphatic heterocycles. The molecule has 3 aromatic carbocycles. The summed E-state index contributed by atoms with van der Waals surface area (Å²) < 4.78 is 6.46. The molecule has 4 heterocycles. The summed E-state index contributed by atoms with van der Waals surface area (Å²) in [6.07, 6.45) is 7.93. The summed E-state index contributed by atoms with van der Waals surface area (Å²) >= 11 is 0. The fraction of sp³-hybridized carbons (Fsp3) is 0.300. The molecule has 9 heteroatoms. The van der Waals surface area contributed by atoms with E-state index in [0.717, 1.165) is 75.0 Å². The molecule has 1 atom stereocenters. The normalized spacial score (nSPS) is 16.7. The second-order valence-corrected chi connectivity index (χ2v) is 13.5. The Morgan fingerprint density at radius 2 is 1.86 bits per heavy atom. The van der Waals surface area contributed by atoms with Crippen molar-refractivity contribution in [2.45, 2.75) is 64.8 Å². The molecule has 3 aromatic heterocycles. The SMILES string of the molecule is Cc1c(Nc2nccc3cc(CN4CC[C@@H](O)C4)cnc23)cc(-c2ccccc2)c(C)c1-c1nc2cc(CNC3CCC3)cc(C#N)c2o1. The van der Waals surface area contributed by atoms with Gasteiger partial charge >= 0.3 is 0 Å². The van der Waals surface area contributed by atoms with Gasteiger partial charge in [-0.25, -0.2) is 9.97 Å². The third-order valence-electron chi connectivity index (χ3n) is 10.1. The molecule has 0 spiro atoms. The van der Waals surface area contributed by atoms with Gasteiger partial charge < -0.3 is 20.2 Å². The van der Waals surface area contributed by atoms with Crippen LogP contribution in [0.2, 0.25) is 0 Å². The first-order chi connectivity index (χ1) is 23.9. The van der Waals surface area contributed by atoms with Crippen LogP contribution in [-0.2, 0) is 13.1 Å². The van der Waals surface area contributed by atoms with E-state index in [1.165, 1.54) is 19.3 Å². The van der Waals surface area contributed by atoms with Crippen molar-refractivity contribution in [3.63, 3.8) is 0 Å². The zero-order valence-electron chi connectivity index (χ0n) is 27.8. The zero-order chi connectivity index (χ0) is 33.5. The van der Waals surface area contributed by atoms with Crippen LogP contribution in [0.15, 0.2) is 77.5 Å². The van der Waals surface area contributed by atoms with E-state index in [1.807, 2.05) is 42.6 Å². The number of hydrogen-bond acceptors (Lipinski definition) is 9. The maximum atomic E-state index is 10.1. The second kappa shape index (κ2) is 13.1. The predicted molar refractivity (Wildman–Crippen MR) is 192 cm³/mol. The molecule has 1 aliphatic carbocycles. The molecule has 49 heavy (non-hydrogen) atoms. The number of nitriles is 1. The van der Waals surface area contributed by atoms with Crippen LogP contribution >= 0.6 is 0 Å². The third-order valence-corrected chi connectivity index (χ3v) is 10.1. The third kappa shape index (κ3) is 6.15. The fourth-order valence-electron chi connectivity index (χ4n) is 7.16. The molecule has 0 amide bonds. The lowest BCUT2D eigenvalue weighted by atomic mass is 9.91. The minimum absolute atomic E-state index is 0.253. The van der Waals surface area contributed by atoms with E-state index in [4.69, 9.17) is 19.4 Å². The van der Waals surface area contributed by atoms with E-state index in [1.54, 1.807) is 6.20 Å². The average molecular weight is 650 g/mol. The summed E-state index contributed by atoms with van der Waals surface area (Å²) in [4.78, 5) is 16.8. The number of likely N-dealkylation sites (tertiary alicyclic amines) is 1. The molecular formula is C40H39N7O2. The average Bonchev–Trinajstić information content (AvgIpc) is 3.70. The molecule has 1 saturated heterocycles. The second-order valence-electron chi connectivity index (χ2n) is 13.5. The molecular weight excluding hydrogens is 610 g/mol. The van der Waals surface area contributed by atoms with Crippen LogP contribution < -0.4 is 10.6 Å². The van der Waals surface area contributed by atoms with Gasteiger partial charge in [-0.1, -0.05) is 36.8 Å². The summed E-state index contributed by atoms with van der Waals surface area (Å²) in [7, 11) is 0. The minimum atomic E-state index is -0.253. The molecule has 2 aliphatic rings. The van der Waals surface area contributed by atoms with Crippen LogP contribution in [0.5, 0.6) is 0 Å². The Labute approximate surface area is 285 Å². The Kier molecular flexibility index (Phi) is 8.30. The Morgan fingerprint density at radius 1 is 1.00 bits per heavy atom. The van der Waals surface area contributed by atoms with Crippen LogP contribution in [-0.4, -0.2) is 50.2 Å². The first-order valence-electron chi connectivity index (χ1n) is 17.1. The van der Waals surface area contributed by atoms with Gasteiger partial charge in [0.25, 0.3) is 0 Å². The number of pyridine rings is 2. The van der Waals surface area contributed by atoms with Gasteiger partial charge in [-0.15, -0.1) is 0 Å². The molecule has 0 unspecified atom stereocenters. The van der Waals surface area contributed by atoms with Gasteiger partial charge in [0, 0.05) is 61.3 Å². The Morgan fingerprint density at radius 3 is 2.61 bits per heavy atom. The Bertz CT molecular complexity index is 2220. The molecule has 0 bridgehead atoms. The van der Waals surface area contributed by atoms with E-state index >= 15 is 0 Å². The number of nitrogens with one attached hydrogen (secondary N) is 2. The van der Waals surface area contributed by atoms with Gasteiger partial charge in [-0.3, -0.25) is 9.88 Å². The van der Waals surface area contributed by atoms with Crippen molar-refractivity contribution in [1.82, 2.24) is 25.2 Å². The van der Waals surface area contributed by atoms with Crippen molar-refractivity contribution in [2.24, 2.45) is 0 Å². The quantitative estimate of drug-likeness (QED) is 0.146. The van der Waals surface area contributed by atoms with E-state index in [2.05, 4.69) is 59.7 Å². The van der Waals surface area contributed by atoms with Gasteiger partial charge in [0.15, 0.2) is 11.4 Å². The largest absolute Gasteiger partial charge is 0.435 e. The van der Waals surface area contributed by atoms with Crippen LogP contribution in [0.3, 0.4) is 0 Å². The van der Waals surface area contributed by atoms with Gasteiger partial charge in [0.05, 0.1) is 11.7 Å². The van der Waals surface area contributed by atoms with E-state index in [-0.39, 0.29) is 6.10 Å². The van der Waals surface area contributed by atoms with Crippen LogP contribution in [0, 0.1) is 25.2 Å². The van der Waals surface area contributed by atoms with Gasteiger partial charge in [-0.2, -0.15) is 5.26 Å². The topological polar surface area (TPSA) is 123 Å². The number of benzene rings is 3. The summed E-state index contributed by atoms with van der Waals surface area (Å²) in [5.74, 6) is 1.14. The van der Waals surface area contributed by atoms with Crippen molar-refractivity contribution in [2.75, 3.05) is 18.4 Å². The standard InChI is InChI=1S/C40H39N7O2/c1-24-33(28-7-4-3-5-8-28)18-34(45-39-37-29(11-13-42-39)16-27(21-44-37)22-47-14-12-32(48)23-47)25(2)36(24)40-46-35-17-26(20-43-31-9-6-10-31)15-30(19-41)38(35)49-40/h3-5,7-8,11,13,15-18,21,31-32,43,48H,6,9-10,12,14,20,22-23H2,1-2H3,(H,42,45)/t32-/m1/s1. The molecule has 2 fully saturated rings. The molecule has 3 N–H and O–H groups in total. The number of aliphatic hydroxyl groups excluding tert-OH is 1. The van der Waals surface area contributed by atoms with Crippen LogP contribution in [0.4, 0.5) is 11.5 Å². The molecule has 8 rings (SSSR count). The number of rotatable bonds is 9. The molecule has 1 saturated carbocycles. The van der Waals surface area contributed by atoms with E-state index in [0.29, 0.717) is 47.5 Å². The molecule has 6 aromatic rings. The van der Waals surface area contributed by atoms with Crippen LogP contribution in [0.25, 0.3) is 44.6 Å². The highest BCUT2D eigenvalue weighted by molar-refractivity contribution is 5.93. The number of aromatic nitrogens is 3. The lowest BCUT2D eigenvalue weighted by Crippen LogP contribution is -2.34. The summed E-state index contributed by atoms with van der Waals surface area (Å²) in [5, 5.41) is 28.3. The number of β-amino-alcohol motifs (C(OH)–C–C–N with tert-alkyl or cyclic N) is 1. The monoisotopic (exact) mass is 649 g/mol. The Balaban J connectivity index is 1.19. The number of hydrogen-bond donors (Lipinski definition) is 3. The van der Waals surface area contributed by atoms with Crippen molar-refractivity contribution in [3.8, 4) is 28.7 Å². The highest BCUT2D eigenvalue weighted by Gasteiger charge is 2.24. The highest BCUT2D eigenvalue weighted by atomic mass is 16.3. The molecule has 9 nitrogen and oxygen atoms in total. The number of anilines is 2. The number of oxazole rings is 1. The van der Waals surface area contributed by atoms with Crippen LogP contribution in [0.1, 0.15) is 53.5 Å².